The molecular weight excluding hydrogens is 361 g/mol. The number of hydrogen-bond acceptors (Lipinski definition) is 2. The standard InChI is InChI=1S/C18H11BrFNO2/c19-12-3-1-10(2-4-12)11-7-16(23-9-11)17-14-6-5-13(20)8-15(14)21-18(17)22/h1-8H,9H2,(H,21,22)/b17-16-. The maximum Gasteiger partial charge on any atom is 0.260 e. The van der Waals surface area contributed by atoms with Crippen LogP contribution in [-0.2, 0) is 9.53 Å². The smallest absolute Gasteiger partial charge is 0.260 e. The van der Waals surface area contributed by atoms with Gasteiger partial charge in [0.25, 0.3) is 5.91 Å². The highest BCUT2D eigenvalue weighted by Gasteiger charge is 2.30. The molecule has 2 aromatic rings. The highest BCUT2D eigenvalue weighted by molar-refractivity contribution is 9.10. The molecule has 0 aliphatic carbocycles. The van der Waals surface area contributed by atoms with Crippen molar-refractivity contribution in [3.05, 3.63) is 75.7 Å². The van der Waals surface area contributed by atoms with E-state index in [0.717, 1.165) is 15.6 Å². The van der Waals surface area contributed by atoms with Crippen LogP contribution in [0.2, 0.25) is 0 Å². The van der Waals surface area contributed by atoms with E-state index < -0.39 is 0 Å². The summed E-state index contributed by atoms with van der Waals surface area (Å²) < 4.78 is 20.0. The normalized spacial score (nSPS) is 19.2. The SMILES string of the molecule is O=C1Nc2cc(F)ccc2/C1=C1\C=C(c2ccc(Br)cc2)CO1. The van der Waals surface area contributed by atoms with Crippen LogP contribution in [0.4, 0.5) is 10.1 Å². The molecule has 0 radical (unpaired) electrons. The first kappa shape index (κ1) is 14.2. The van der Waals surface area contributed by atoms with Crippen LogP contribution in [0, 0.1) is 5.82 Å². The minimum Gasteiger partial charge on any atom is -0.488 e. The van der Waals surface area contributed by atoms with Crippen LogP contribution in [0.25, 0.3) is 11.1 Å². The molecule has 4 rings (SSSR count). The lowest BCUT2D eigenvalue weighted by molar-refractivity contribution is -0.110. The minimum atomic E-state index is -0.381. The Bertz CT molecular complexity index is 884. The summed E-state index contributed by atoms with van der Waals surface area (Å²) in [6.45, 7) is 0.407. The first-order chi connectivity index (χ1) is 11.1. The molecule has 2 heterocycles. The Morgan fingerprint density at radius 1 is 1.13 bits per heavy atom. The van der Waals surface area contributed by atoms with Crippen LogP contribution < -0.4 is 5.32 Å². The Hall–Kier alpha value is -2.40. The average molecular weight is 372 g/mol. The monoisotopic (exact) mass is 371 g/mol. The van der Waals surface area contributed by atoms with Crippen molar-refractivity contribution >= 4 is 38.7 Å². The van der Waals surface area contributed by atoms with Crippen LogP contribution in [-0.4, -0.2) is 12.5 Å². The van der Waals surface area contributed by atoms with Gasteiger partial charge in [-0.05, 0) is 42.0 Å². The maximum atomic E-state index is 13.3. The van der Waals surface area contributed by atoms with Crippen molar-refractivity contribution < 1.29 is 13.9 Å². The van der Waals surface area contributed by atoms with Gasteiger partial charge in [-0.25, -0.2) is 4.39 Å². The lowest BCUT2D eigenvalue weighted by atomic mass is 10.0. The number of anilines is 1. The molecule has 0 aromatic heterocycles. The summed E-state index contributed by atoms with van der Waals surface area (Å²) in [5.41, 5.74) is 3.64. The molecule has 3 nitrogen and oxygen atoms in total. The zero-order chi connectivity index (χ0) is 16.0. The molecule has 0 spiro atoms. The number of ether oxygens (including phenoxy) is 1. The fourth-order valence-corrected chi connectivity index (χ4v) is 3.03. The number of amides is 1. The molecule has 2 aliphatic rings. The van der Waals surface area contributed by atoms with E-state index >= 15 is 0 Å². The highest BCUT2D eigenvalue weighted by atomic mass is 79.9. The molecule has 0 atom stereocenters. The van der Waals surface area contributed by atoms with Gasteiger partial charge in [0, 0.05) is 15.6 Å². The van der Waals surface area contributed by atoms with Crippen LogP contribution in [0.5, 0.6) is 0 Å². The zero-order valence-corrected chi connectivity index (χ0v) is 13.5. The van der Waals surface area contributed by atoms with Crippen molar-refractivity contribution in [1.82, 2.24) is 0 Å². The Balaban J connectivity index is 1.78. The molecule has 1 N–H and O–H groups in total. The molecule has 5 heteroatoms. The van der Waals surface area contributed by atoms with Gasteiger partial charge in [0.15, 0.2) is 0 Å². The second-order valence-corrected chi connectivity index (χ2v) is 6.26. The highest BCUT2D eigenvalue weighted by Crippen LogP contribution is 2.38. The van der Waals surface area contributed by atoms with Gasteiger partial charge in [0.2, 0.25) is 0 Å². The second kappa shape index (κ2) is 5.35. The first-order valence-corrected chi connectivity index (χ1v) is 7.86. The average Bonchev–Trinajstić information content (AvgIpc) is 3.11. The third kappa shape index (κ3) is 2.47. The summed E-state index contributed by atoms with van der Waals surface area (Å²) in [6, 6.07) is 12.2. The van der Waals surface area contributed by atoms with Gasteiger partial charge in [-0.15, -0.1) is 0 Å². The van der Waals surface area contributed by atoms with E-state index in [1.807, 2.05) is 30.3 Å². The van der Waals surface area contributed by atoms with Crippen molar-refractivity contribution in [2.75, 3.05) is 11.9 Å². The first-order valence-electron chi connectivity index (χ1n) is 7.07. The summed E-state index contributed by atoms with van der Waals surface area (Å²) in [7, 11) is 0. The molecule has 0 fully saturated rings. The van der Waals surface area contributed by atoms with Gasteiger partial charge in [-0.2, -0.15) is 0 Å². The van der Waals surface area contributed by atoms with Crippen molar-refractivity contribution in [3.8, 4) is 0 Å². The largest absolute Gasteiger partial charge is 0.488 e. The van der Waals surface area contributed by atoms with E-state index in [0.29, 0.717) is 29.2 Å². The summed E-state index contributed by atoms with van der Waals surface area (Å²) in [6.07, 6.45) is 1.87. The van der Waals surface area contributed by atoms with Crippen LogP contribution in [0.15, 0.2) is 58.8 Å². The Morgan fingerprint density at radius 3 is 2.70 bits per heavy atom. The molecule has 0 saturated heterocycles. The Morgan fingerprint density at radius 2 is 1.91 bits per heavy atom. The van der Waals surface area contributed by atoms with E-state index in [-0.39, 0.29) is 11.7 Å². The van der Waals surface area contributed by atoms with Gasteiger partial charge in [-0.3, -0.25) is 4.79 Å². The fraction of sp³-hybridized carbons (Fsp3) is 0.0556. The molecule has 1 amide bonds. The second-order valence-electron chi connectivity index (χ2n) is 5.35. The molecule has 2 aliphatic heterocycles. The molecule has 23 heavy (non-hydrogen) atoms. The topological polar surface area (TPSA) is 38.3 Å². The number of allylic oxidation sites excluding steroid dienone is 1. The van der Waals surface area contributed by atoms with Crippen LogP contribution in [0.1, 0.15) is 11.1 Å². The molecular formula is C18H11BrFNO2. The lowest BCUT2D eigenvalue weighted by Gasteiger charge is -2.03. The number of rotatable bonds is 1. The van der Waals surface area contributed by atoms with Crippen LogP contribution in [0.3, 0.4) is 0 Å². The molecule has 114 valence electrons. The van der Waals surface area contributed by atoms with Crippen LogP contribution >= 0.6 is 15.9 Å². The number of carbonyl (C=O) groups excluding carboxylic acids is 1. The zero-order valence-electron chi connectivity index (χ0n) is 11.9. The molecule has 0 unspecified atom stereocenters. The third-order valence-corrected chi connectivity index (χ3v) is 4.40. The van der Waals surface area contributed by atoms with E-state index in [1.54, 1.807) is 6.07 Å². The van der Waals surface area contributed by atoms with Gasteiger partial charge in [-0.1, -0.05) is 28.1 Å². The van der Waals surface area contributed by atoms with E-state index in [9.17, 15) is 9.18 Å². The number of nitrogens with one attached hydrogen (secondary N) is 1. The summed E-state index contributed by atoms with van der Waals surface area (Å²) in [5, 5.41) is 2.67. The van der Waals surface area contributed by atoms with E-state index in [2.05, 4.69) is 21.2 Å². The minimum absolute atomic E-state index is 0.270. The van der Waals surface area contributed by atoms with Crippen molar-refractivity contribution in [3.63, 3.8) is 0 Å². The fourth-order valence-electron chi connectivity index (χ4n) is 2.76. The Labute approximate surface area is 140 Å². The summed E-state index contributed by atoms with van der Waals surface area (Å²) >= 11 is 3.41. The number of hydrogen-bond donors (Lipinski definition) is 1. The van der Waals surface area contributed by atoms with Crippen molar-refractivity contribution in [2.45, 2.75) is 0 Å². The maximum absolute atomic E-state index is 13.3. The quantitative estimate of drug-likeness (QED) is 0.756. The summed E-state index contributed by atoms with van der Waals surface area (Å²) in [5.74, 6) is -0.131. The predicted molar refractivity (Wildman–Crippen MR) is 90.0 cm³/mol. The van der Waals surface area contributed by atoms with Crippen molar-refractivity contribution in [1.29, 1.82) is 0 Å². The van der Waals surface area contributed by atoms with Gasteiger partial charge < -0.3 is 10.1 Å². The van der Waals surface area contributed by atoms with Gasteiger partial charge >= 0.3 is 0 Å². The Kier molecular flexibility index (Phi) is 3.31. The third-order valence-electron chi connectivity index (χ3n) is 3.88. The molecule has 0 bridgehead atoms. The van der Waals surface area contributed by atoms with E-state index in [4.69, 9.17) is 4.74 Å². The van der Waals surface area contributed by atoms with Gasteiger partial charge in [0.1, 0.15) is 18.2 Å². The number of carbonyl (C=O) groups is 1. The van der Waals surface area contributed by atoms with Gasteiger partial charge in [0.05, 0.1) is 11.3 Å². The van der Waals surface area contributed by atoms with E-state index in [1.165, 1.54) is 12.1 Å². The number of benzene rings is 2. The predicted octanol–water partition coefficient (Wildman–Crippen LogP) is 4.37. The number of fused-ring (bicyclic) bond motifs is 1. The molecule has 0 saturated carbocycles. The molecule has 2 aromatic carbocycles. The summed E-state index contributed by atoms with van der Waals surface area (Å²) in [4.78, 5) is 12.2. The number of halogens is 2. The van der Waals surface area contributed by atoms with Crippen molar-refractivity contribution in [2.24, 2.45) is 0 Å². The lowest BCUT2D eigenvalue weighted by Crippen LogP contribution is -2.05.